The van der Waals surface area contributed by atoms with Crippen LogP contribution in [-0.2, 0) is 0 Å². The van der Waals surface area contributed by atoms with Gasteiger partial charge in [-0.2, -0.15) is 0 Å². The van der Waals surface area contributed by atoms with Crippen molar-refractivity contribution < 1.29 is 4.79 Å². The summed E-state index contributed by atoms with van der Waals surface area (Å²) in [7, 11) is 1.80. The van der Waals surface area contributed by atoms with Gasteiger partial charge in [0.05, 0.1) is 0 Å². The van der Waals surface area contributed by atoms with E-state index in [2.05, 4.69) is 0 Å². The summed E-state index contributed by atoms with van der Waals surface area (Å²) >= 11 is 0. The van der Waals surface area contributed by atoms with E-state index in [-0.39, 0.29) is 0 Å². The van der Waals surface area contributed by atoms with Crippen molar-refractivity contribution in [2.24, 2.45) is 5.73 Å². The van der Waals surface area contributed by atoms with Crippen molar-refractivity contribution in [2.75, 3.05) is 13.6 Å². The van der Waals surface area contributed by atoms with Crippen LogP contribution in [0.25, 0.3) is 0 Å². The zero-order valence-corrected chi connectivity index (χ0v) is 5.24. The number of amides is 2. The minimum absolute atomic E-state index is 0.439. The highest BCUT2D eigenvalue weighted by molar-refractivity contribution is 5.72. The Balaban J connectivity index is 2.59. The van der Waals surface area contributed by atoms with Crippen LogP contribution in [0.2, 0.25) is 0 Å². The molecule has 0 fully saturated rings. The number of nitrogens with zero attached hydrogens (tertiary/aromatic N) is 2. The van der Waals surface area contributed by atoms with Crippen molar-refractivity contribution >= 4 is 6.03 Å². The number of hydrogen-bond acceptors (Lipinski definition) is 2. The molecule has 50 valence electrons. The van der Waals surface area contributed by atoms with Crippen molar-refractivity contribution in [1.82, 2.24) is 10.0 Å². The summed E-state index contributed by atoms with van der Waals surface area (Å²) in [6.45, 7) is 0.753. The fourth-order valence-electron chi connectivity index (χ4n) is 0.743. The Bertz CT molecular complexity index is 154. The number of carbonyl (C=O) groups is 1. The molecule has 0 aromatic heterocycles. The molecule has 9 heavy (non-hydrogen) atoms. The second-order valence-electron chi connectivity index (χ2n) is 1.91. The predicted molar refractivity (Wildman–Crippen MR) is 33.2 cm³/mol. The van der Waals surface area contributed by atoms with E-state index >= 15 is 0 Å². The summed E-state index contributed by atoms with van der Waals surface area (Å²) in [6, 6.07) is -0.439. The maximum atomic E-state index is 10.5. The molecule has 4 heteroatoms. The quantitative estimate of drug-likeness (QED) is 0.487. The first-order valence-corrected chi connectivity index (χ1v) is 2.68. The zero-order valence-electron chi connectivity index (χ0n) is 5.24. The van der Waals surface area contributed by atoms with Gasteiger partial charge < -0.3 is 5.73 Å². The Morgan fingerprint density at radius 2 is 2.44 bits per heavy atom. The molecule has 4 nitrogen and oxygen atoms in total. The molecular formula is C5H9N3O. The Morgan fingerprint density at radius 3 is 2.67 bits per heavy atom. The Morgan fingerprint density at radius 1 is 1.78 bits per heavy atom. The highest BCUT2D eigenvalue weighted by Gasteiger charge is 2.14. The number of hydrogen-bond donors (Lipinski definition) is 1. The van der Waals surface area contributed by atoms with Crippen LogP contribution in [0.15, 0.2) is 12.3 Å². The summed E-state index contributed by atoms with van der Waals surface area (Å²) in [4.78, 5) is 10.5. The van der Waals surface area contributed by atoms with E-state index in [1.165, 1.54) is 5.01 Å². The third-order valence-electron chi connectivity index (χ3n) is 1.21. The van der Waals surface area contributed by atoms with E-state index in [4.69, 9.17) is 5.73 Å². The van der Waals surface area contributed by atoms with Gasteiger partial charge in [0.15, 0.2) is 0 Å². The molecule has 0 bridgehead atoms. The van der Waals surface area contributed by atoms with Crippen molar-refractivity contribution in [3.05, 3.63) is 12.3 Å². The number of primary amides is 1. The molecule has 0 radical (unpaired) electrons. The van der Waals surface area contributed by atoms with Crippen LogP contribution in [0.3, 0.4) is 0 Å². The molecule has 0 atom stereocenters. The molecule has 0 aromatic carbocycles. The van der Waals surface area contributed by atoms with Gasteiger partial charge in [0.2, 0.25) is 0 Å². The highest BCUT2D eigenvalue weighted by Crippen LogP contribution is 2.02. The van der Waals surface area contributed by atoms with E-state index in [0.29, 0.717) is 0 Å². The van der Waals surface area contributed by atoms with Crippen molar-refractivity contribution in [3.63, 3.8) is 0 Å². The van der Waals surface area contributed by atoms with Crippen LogP contribution in [0, 0.1) is 0 Å². The van der Waals surface area contributed by atoms with Gasteiger partial charge in [0.1, 0.15) is 0 Å². The molecule has 0 spiro atoms. The first kappa shape index (κ1) is 6.10. The molecule has 2 N–H and O–H groups in total. The molecule has 2 amide bonds. The zero-order chi connectivity index (χ0) is 6.85. The van der Waals surface area contributed by atoms with Gasteiger partial charge in [-0.1, -0.05) is 6.08 Å². The van der Waals surface area contributed by atoms with E-state index < -0.39 is 6.03 Å². The normalized spacial score (nSPS) is 19.0. The first-order chi connectivity index (χ1) is 4.22. The van der Waals surface area contributed by atoms with E-state index in [1.54, 1.807) is 18.3 Å². The van der Waals surface area contributed by atoms with Crippen LogP contribution in [0.1, 0.15) is 0 Å². The van der Waals surface area contributed by atoms with Gasteiger partial charge in [-0.3, -0.25) is 0 Å². The lowest BCUT2D eigenvalue weighted by Crippen LogP contribution is -2.40. The van der Waals surface area contributed by atoms with Gasteiger partial charge in [-0.15, -0.1) is 0 Å². The van der Waals surface area contributed by atoms with Crippen molar-refractivity contribution in [3.8, 4) is 0 Å². The average Bonchev–Trinajstić information content (AvgIpc) is 2.13. The molecule has 0 saturated heterocycles. The summed E-state index contributed by atoms with van der Waals surface area (Å²) in [6.07, 6.45) is 3.52. The van der Waals surface area contributed by atoms with Gasteiger partial charge in [-0.05, 0) is 0 Å². The molecule has 1 rings (SSSR count). The topological polar surface area (TPSA) is 49.6 Å². The first-order valence-electron chi connectivity index (χ1n) is 2.68. The summed E-state index contributed by atoms with van der Waals surface area (Å²) in [5, 5.41) is 3.09. The van der Waals surface area contributed by atoms with E-state index in [1.807, 2.05) is 6.08 Å². The lowest BCUT2D eigenvalue weighted by molar-refractivity contribution is 0.115. The van der Waals surface area contributed by atoms with Gasteiger partial charge in [0.25, 0.3) is 0 Å². The number of nitrogens with two attached hydrogens (primary N) is 1. The predicted octanol–water partition coefficient (Wildman–Crippen LogP) is -0.259. The second kappa shape index (κ2) is 2.06. The fourth-order valence-corrected chi connectivity index (χ4v) is 0.743. The monoisotopic (exact) mass is 127 g/mol. The van der Waals surface area contributed by atoms with Crippen molar-refractivity contribution in [1.29, 1.82) is 0 Å². The number of likely N-dealkylation sites (N-methyl/N-ethyl adjacent to an activating group) is 1. The van der Waals surface area contributed by atoms with Crippen LogP contribution in [0.5, 0.6) is 0 Å². The molecule has 0 aromatic rings. The van der Waals surface area contributed by atoms with Gasteiger partial charge in [0, 0.05) is 19.8 Å². The molecule has 0 unspecified atom stereocenters. The second-order valence-corrected chi connectivity index (χ2v) is 1.91. The third-order valence-corrected chi connectivity index (χ3v) is 1.21. The Hall–Kier alpha value is -1.03. The van der Waals surface area contributed by atoms with Gasteiger partial charge in [-0.25, -0.2) is 14.8 Å². The molecule has 1 heterocycles. The van der Waals surface area contributed by atoms with Crippen LogP contribution in [-0.4, -0.2) is 29.6 Å². The Labute approximate surface area is 53.5 Å². The summed E-state index contributed by atoms with van der Waals surface area (Å²) in [5.74, 6) is 0. The van der Waals surface area contributed by atoms with Crippen LogP contribution < -0.4 is 5.73 Å². The van der Waals surface area contributed by atoms with Crippen molar-refractivity contribution in [2.45, 2.75) is 0 Å². The molecule has 1 aliphatic rings. The van der Waals surface area contributed by atoms with Gasteiger partial charge >= 0.3 is 6.03 Å². The third kappa shape index (κ3) is 1.02. The largest absolute Gasteiger partial charge is 0.350 e. The van der Waals surface area contributed by atoms with Crippen LogP contribution in [0.4, 0.5) is 4.79 Å². The summed E-state index contributed by atoms with van der Waals surface area (Å²) < 4.78 is 0. The molecule has 1 aliphatic heterocycles. The van der Waals surface area contributed by atoms with E-state index in [0.717, 1.165) is 6.54 Å². The molecule has 0 aliphatic carbocycles. The number of hydrazine groups is 1. The average molecular weight is 127 g/mol. The maximum Gasteiger partial charge on any atom is 0.333 e. The number of rotatable bonds is 0. The fraction of sp³-hybridized carbons (Fsp3) is 0.400. The lowest BCUT2D eigenvalue weighted by Gasteiger charge is -2.19. The number of carbonyl (C=O) groups excluding carboxylic acids is 1. The van der Waals surface area contributed by atoms with E-state index in [9.17, 15) is 4.79 Å². The van der Waals surface area contributed by atoms with Crippen LogP contribution >= 0.6 is 0 Å². The minimum Gasteiger partial charge on any atom is -0.350 e. The number of urea groups is 1. The SMILES string of the molecule is CN1CC=CN1C(N)=O. The molecule has 0 saturated carbocycles. The maximum absolute atomic E-state index is 10.5. The summed E-state index contributed by atoms with van der Waals surface area (Å²) in [5.41, 5.74) is 4.98. The lowest BCUT2D eigenvalue weighted by atomic mass is 10.6. The minimum atomic E-state index is -0.439. The smallest absolute Gasteiger partial charge is 0.333 e. The molecular weight excluding hydrogens is 118 g/mol. The highest BCUT2D eigenvalue weighted by atomic mass is 16.2. The Kier molecular flexibility index (Phi) is 1.40. The standard InChI is InChI=1S/C5H9N3O/c1-7-3-2-4-8(7)5(6)9/h2,4H,3H2,1H3,(H2,6,9).